The second-order valence-electron chi connectivity index (χ2n) is 4.62. The van der Waals surface area contributed by atoms with Crippen molar-refractivity contribution in [2.75, 3.05) is 31.7 Å². The molecule has 0 unspecified atom stereocenters. The number of nitrogens with zero attached hydrogens (tertiary/aromatic N) is 2. The molecule has 0 bridgehead atoms. The lowest BCUT2D eigenvalue weighted by Crippen LogP contribution is -2.25. The van der Waals surface area contributed by atoms with E-state index in [0.717, 1.165) is 38.1 Å². The molecule has 0 aromatic carbocycles. The molecule has 1 aliphatic heterocycles. The number of hydrogen-bond acceptors (Lipinski definition) is 5. The van der Waals surface area contributed by atoms with Gasteiger partial charge in [0.2, 0.25) is 5.88 Å². The van der Waals surface area contributed by atoms with Crippen molar-refractivity contribution < 1.29 is 17.9 Å². The highest BCUT2D eigenvalue weighted by molar-refractivity contribution is 5.41. The molecule has 3 N–H and O–H groups in total. The van der Waals surface area contributed by atoms with E-state index in [9.17, 15) is 13.2 Å². The molecule has 2 rings (SSSR count). The molecule has 0 spiro atoms. The Morgan fingerprint density at radius 2 is 2.00 bits per heavy atom. The fourth-order valence-electron chi connectivity index (χ4n) is 2.10. The molecule has 1 saturated heterocycles. The molecule has 1 aromatic rings. The Bertz CT molecular complexity index is 447. The topological polar surface area (TPSA) is 63.4 Å². The summed E-state index contributed by atoms with van der Waals surface area (Å²) in [6.45, 7) is 3.01. The number of nitrogens with two attached hydrogens (primary N) is 1. The van der Waals surface area contributed by atoms with Crippen LogP contribution in [0.2, 0.25) is 0 Å². The van der Waals surface area contributed by atoms with Gasteiger partial charge in [-0.1, -0.05) is 0 Å². The quantitative estimate of drug-likeness (QED) is 0.640. The number of anilines is 1. The summed E-state index contributed by atoms with van der Waals surface area (Å²) in [7, 11) is 0. The van der Waals surface area contributed by atoms with Crippen molar-refractivity contribution in [1.29, 1.82) is 0 Å². The third kappa shape index (κ3) is 3.97. The predicted octanol–water partition coefficient (Wildman–Crippen LogP) is 1.86. The molecular formula is C12H17F3N4O. The van der Waals surface area contributed by atoms with Crippen LogP contribution in [0.5, 0.6) is 5.88 Å². The number of nitrogen functional groups attached to an aromatic ring is 1. The first-order chi connectivity index (χ1) is 9.49. The van der Waals surface area contributed by atoms with Crippen molar-refractivity contribution in [3.05, 3.63) is 17.7 Å². The maximum absolute atomic E-state index is 12.7. The summed E-state index contributed by atoms with van der Waals surface area (Å²) in [6.07, 6.45) is -2.15. The Labute approximate surface area is 114 Å². The monoisotopic (exact) mass is 290 g/mol. The first-order valence-electron chi connectivity index (χ1n) is 6.40. The van der Waals surface area contributed by atoms with E-state index in [-0.39, 0.29) is 11.7 Å². The van der Waals surface area contributed by atoms with E-state index in [1.807, 2.05) is 0 Å². The van der Waals surface area contributed by atoms with Gasteiger partial charge in [0.05, 0.1) is 5.56 Å². The lowest BCUT2D eigenvalue weighted by atomic mass is 10.2. The lowest BCUT2D eigenvalue weighted by Gasteiger charge is -2.15. The second kappa shape index (κ2) is 6.27. The molecule has 0 atom stereocenters. The van der Waals surface area contributed by atoms with Gasteiger partial charge in [-0.15, -0.1) is 0 Å². The molecule has 0 aliphatic carbocycles. The van der Waals surface area contributed by atoms with Crippen molar-refractivity contribution in [3.8, 4) is 5.88 Å². The van der Waals surface area contributed by atoms with E-state index >= 15 is 0 Å². The van der Waals surface area contributed by atoms with Crippen LogP contribution in [0.3, 0.4) is 0 Å². The summed E-state index contributed by atoms with van der Waals surface area (Å²) in [5, 5.41) is 0. The molecule has 20 heavy (non-hydrogen) atoms. The second-order valence-corrected chi connectivity index (χ2v) is 4.62. The van der Waals surface area contributed by atoms with Gasteiger partial charge in [-0.25, -0.2) is 5.84 Å². The van der Waals surface area contributed by atoms with E-state index in [1.165, 1.54) is 0 Å². The van der Waals surface area contributed by atoms with Crippen LogP contribution >= 0.6 is 0 Å². The summed E-state index contributed by atoms with van der Waals surface area (Å²) in [5.74, 6) is 4.97. The van der Waals surface area contributed by atoms with Crippen LogP contribution in [0.4, 0.5) is 19.0 Å². The number of halogens is 3. The molecule has 0 radical (unpaired) electrons. The van der Waals surface area contributed by atoms with Crippen molar-refractivity contribution in [3.63, 3.8) is 0 Å². The van der Waals surface area contributed by atoms with Crippen molar-refractivity contribution >= 4 is 5.82 Å². The fourth-order valence-corrected chi connectivity index (χ4v) is 2.10. The van der Waals surface area contributed by atoms with Crippen LogP contribution in [0.1, 0.15) is 18.4 Å². The summed E-state index contributed by atoms with van der Waals surface area (Å²) in [5.41, 5.74) is 1.27. The average Bonchev–Trinajstić information content (AvgIpc) is 2.90. The zero-order valence-electron chi connectivity index (χ0n) is 10.9. The smallest absolute Gasteiger partial charge is 0.416 e. The van der Waals surface area contributed by atoms with E-state index in [1.54, 1.807) is 0 Å². The third-order valence-corrected chi connectivity index (χ3v) is 3.13. The summed E-state index contributed by atoms with van der Waals surface area (Å²) in [6, 6.07) is 1.72. The van der Waals surface area contributed by atoms with Gasteiger partial charge in [0.25, 0.3) is 0 Å². The molecule has 112 valence electrons. The Balaban J connectivity index is 1.98. The van der Waals surface area contributed by atoms with E-state index in [2.05, 4.69) is 15.3 Å². The van der Waals surface area contributed by atoms with E-state index in [0.29, 0.717) is 13.2 Å². The SMILES string of the molecule is NNc1cc(C(F)(F)F)cc(OCCN2CCCC2)n1. The zero-order valence-corrected chi connectivity index (χ0v) is 10.9. The average molecular weight is 290 g/mol. The fraction of sp³-hybridized carbons (Fsp3) is 0.583. The Kier molecular flexibility index (Phi) is 4.66. The number of pyridine rings is 1. The molecule has 1 aromatic heterocycles. The number of likely N-dealkylation sites (tertiary alicyclic amines) is 1. The van der Waals surface area contributed by atoms with Crippen LogP contribution in [0.25, 0.3) is 0 Å². The van der Waals surface area contributed by atoms with Crippen LogP contribution in [-0.2, 0) is 6.18 Å². The number of ether oxygens (including phenoxy) is 1. The molecule has 0 amide bonds. The van der Waals surface area contributed by atoms with Crippen LogP contribution in [0.15, 0.2) is 12.1 Å². The number of rotatable bonds is 5. The number of hydrazine groups is 1. The van der Waals surface area contributed by atoms with Gasteiger partial charge in [0.1, 0.15) is 12.4 Å². The van der Waals surface area contributed by atoms with E-state index < -0.39 is 11.7 Å². The van der Waals surface area contributed by atoms with Gasteiger partial charge in [-0.3, -0.25) is 4.90 Å². The van der Waals surface area contributed by atoms with Gasteiger partial charge in [-0.05, 0) is 32.0 Å². The predicted molar refractivity (Wildman–Crippen MR) is 68.2 cm³/mol. The number of aromatic nitrogens is 1. The number of alkyl halides is 3. The molecule has 8 heteroatoms. The van der Waals surface area contributed by atoms with Gasteiger partial charge >= 0.3 is 6.18 Å². The minimum atomic E-state index is -4.46. The van der Waals surface area contributed by atoms with Crippen molar-refractivity contribution in [1.82, 2.24) is 9.88 Å². The van der Waals surface area contributed by atoms with Gasteiger partial charge < -0.3 is 10.2 Å². The third-order valence-electron chi connectivity index (χ3n) is 3.13. The summed E-state index contributed by atoms with van der Waals surface area (Å²) >= 11 is 0. The maximum atomic E-state index is 12.7. The highest BCUT2D eigenvalue weighted by Crippen LogP contribution is 2.32. The Morgan fingerprint density at radius 1 is 1.30 bits per heavy atom. The first-order valence-corrected chi connectivity index (χ1v) is 6.40. The minimum absolute atomic E-state index is 0.0732. The largest absolute Gasteiger partial charge is 0.476 e. The standard InChI is InChI=1S/C12H17F3N4O/c13-12(14,15)9-7-10(18-16)17-11(8-9)20-6-5-19-3-1-2-4-19/h7-8H,1-6,16H2,(H,17,18). The normalized spacial score (nSPS) is 16.4. The summed E-state index contributed by atoms with van der Waals surface area (Å²) in [4.78, 5) is 6.06. The van der Waals surface area contributed by atoms with Crippen molar-refractivity contribution in [2.45, 2.75) is 19.0 Å². The molecular weight excluding hydrogens is 273 g/mol. The van der Waals surface area contributed by atoms with Gasteiger partial charge in [-0.2, -0.15) is 18.2 Å². The summed E-state index contributed by atoms with van der Waals surface area (Å²) < 4.78 is 43.4. The highest BCUT2D eigenvalue weighted by atomic mass is 19.4. The molecule has 1 aliphatic rings. The number of hydrogen-bond donors (Lipinski definition) is 2. The van der Waals surface area contributed by atoms with Gasteiger partial charge in [0.15, 0.2) is 0 Å². The molecule has 0 saturated carbocycles. The van der Waals surface area contributed by atoms with Crippen molar-refractivity contribution in [2.24, 2.45) is 5.84 Å². The van der Waals surface area contributed by atoms with Crippen LogP contribution < -0.4 is 16.0 Å². The lowest BCUT2D eigenvalue weighted by molar-refractivity contribution is -0.137. The molecule has 1 fully saturated rings. The maximum Gasteiger partial charge on any atom is 0.416 e. The van der Waals surface area contributed by atoms with Crippen LogP contribution in [-0.4, -0.2) is 36.1 Å². The molecule has 5 nitrogen and oxygen atoms in total. The Hall–Kier alpha value is -1.54. The minimum Gasteiger partial charge on any atom is -0.476 e. The molecule has 2 heterocycles. The van der Waals surface area contributed by atoms with Gasteiger partial charge in [0, 0.05) is 12.6 Å². The zero-order chi connectivity index (χ0) is 14.6. The Morgan fingerprint density at radius 3 is 2.60 bits per heavy atom. The van der Waals surface area contributed by atoms with Crippen LogP contribution in [0, 0.1) is 0 Å². The van der Waals surface area contributed by atoms with E-state index in [4.69, 9.17) is 10.6 Å². The first kappa shape index (κ1) is 14.9. The number of nitrogens with one attached hydrogen (secondary N) is 1. The highest BCUT2D eigenvalue weighted by Gasteiger charge is 2.32.